The first-order chi connectivity index (χ1) is 10.5. The van der Waals surface area contributed by atoms with E-state index in [1.807, 2.05) is 24.3 Å². The van der Waals surface area contributed by atoms with Crippen LogP contribution in [0, 0.1) is 23.2 Å². The van der Waals surface area contributed by atoms with Crippen molar-refractivity contribution in [2.24, 2.45) is 11.8 Å². The third-order valence-corrected chi connectivity index (χ3v) is 4.21. The van der Waals surface area contributed by atoms with Gasteiger partial charge in [0.05, 0.1) is 6.07 Å². The van der Waals surface area contributed by atoms with Gasteiger partial charge in [0.2, 0.25) is 5.91 Å². The van der Waals surface area contributed by atoms with Crippen LogP contribution in [-0.2, 0) is 16.0 Å². The Morgan fingerprint density at radius 3 is 2.50 bits per heavy atom. The van der Waals surface area contributed by atoms with Gasteiger partial charge >= 0.3 is 5.97 Å². The van der Waals surface area contributed by atoms with E-state index in [9.17, 15) is 14.9 Å². The molecule has 2 N–H and O–H groups in total. The van der Waals surface area contributed by atoms with Crippen molar-refractivity contribution >= 4 is 11.9 Å². The first-order valence-corrected chi connectivity index (χ1v) is 7.54. The molecule has 116 valence electrons. The Morgan fingerprint density at radius 2 is 2.00 bits per heavy atom. The van der Waals surface area contributed by atoms with Gasteiger partial charge in [-0.2, -0.15) is 5.26 Å². The third-order valence-electron chi connectivity index (χ3n) is 4.21. The van der Waals surface area contributed by atoms with Crippen LogP contribution in [0.15, 0.2) is 24.3 Å². The summed E-state index contributed by atoms with van der Waals surface area (Å²) in [5, 5.41) is 20.7. The molecule has 0 aromatic heterocycles. The van der Waals surface area contributed by atoms with Crippen LogP contribution in [0.5, 0.6) is 0 Å². The summed E-state index contributed by atoms with van der Waals surface area (Å²) in [7, 11) is 0. The van der Waals surface area contributed by atoms with Crippen LogP contribution < -0.4 is 5.32 Å². The highest BCUT2D eigenvalue weighted by atomic mass is 16.4. The van der Waals surface area contributed by atoms with Crippen LogP contribution >= 0.6 is 0 Å². The van der Waals surface area contributed by atoms with Gasteiger partial charge in [0.15, 0.2) is 0 Å². The monoisotopic (exact) mass is 300 g/mol. The maximum absolute atomic E-state index is 12.1. The summed E-state index contributed by atoms with van der Waals surface area (Å²) in [5.74, 6) is -1.07. The molecule has 1 saturated carbocycles. The molecule has 0 saturated heterocycles. The molecule has 1 unspecified atom stereocenters. The zero-order chi connectivity index (χ0) is 16.1. The number of aryl methyl sites for hydroxylation is 1. The van der Waals surface area contributed by atoms with E-state index in [1.54, 1.807) is 0 Å². The smallest absolute Gasteiger partial charge is 0.303 e. The number of benzene rings is 1. The standard InChI is InChI=1S/C17H20N2O3/c1-2-11-3-5-13(6-4-11)15(10-18)19-17(22)14-7-12(8-14)9-16(20)21/h3-6,12,14-15H,2,7-9H2,1H3,(H,19,22)(H,20,21). The van der Waals surface area contributed by atoms with Crippen LogP contribution in [0.4, 0.5) is 0 Å². The van der Waals surface area contributed by atoms with Gasteiger partial charge in [0.1, 0.15) is 6.04 Å². The number of hydrogen-bond donors (Lipinski definition) is 2. The predicted molar refractivity (Wildman–Crippen MR) is 80.8 cm³/mol. The Morgan fingerprint density at radius 1 is 1.36 bits per heavy atom. The Balaban J connectivity index is 1.89. The van der Waals surface area contributed by atoms with Gasteiger partial charge in [-0.1, -0.05) is 31.2 Å². The van der Waals surface area contributed by atoms with E-state index in [-0.39, 0.29) is 24.2 Å². The number of carbonyl (C=O) groups is 2. The van der Waals surface area contributed by atoms with E-state index in [0.717, 1.165) is 12.0 Å². The third kappa shape index (κ3) is 3.85. The van der Waals surface area contributed by atoms with Crippen molar-refractivity contribution in [2.75, 3.05) is 0 Å². The number of carboxylic acids is 1. The van der Waals surface area contributed by atoms with Gasteiger partial charge in [0, 0.05) is 12.3 Å². The SMILES string of the molecule is CCc1ccc(C(C#N)NC(=O)C2CC(CC(=O)O)C2)cc1. The lowest BCUT2D eigenvalue weighted by Gasteiger charge is -2.33. The summed E-state index contributed by atoms with van der Waals surface area (Å²) in [4.78, 5) is 22.7. The number of carbonyl (C=O) groups excluding carboxylic acids is 1. The Hall–Kier alpha value is -2.35. The van der Waals surface area contributed by atoms with Crippen molar-refractivity contribution < 1.29 is 14.7 Å². The van der Waals surface area contributed by atoms with Crippen LogP contribution in [0.1, 0.15) is 43.4 Å². The van der Waals surface area contributed by atoms with Gasteiger partial charge in [0.25, 0.3) is 0 Å². The maximum atomic E-state index is 12.1. The van der Waals surface area contributed by atoms with E-state index in [4.69, 9.17) is 5.11 Å². The van der Waals surface area contributed by atoms with Crippen molar-refractivity contribution in [3.05, 3.63) is 35.4 Å². The van der Waals surface area contributed by atoms with Gasteiger partial charge in [-0.05, 0) is 36.3 Å². The first-order valence-electron chi connectivity index (χ1n) is 7.54. The maximum Gasteiger partial charge on any atom is 0.303 e. The van der Waals surface area contributed by atoms with Crippen molar-refractivity contribution in [2.45, 2.75) is 38.6 Å². The van der Waals surface area contributed by atoms with Gasteiger partial charge in [-0.25, -0.2) is 0 Å². The molecule has 5 heteroatoms. The number of nitrogens with one attached hydrogen (secondary N) is 1. The average Bonchev–Trinajstić information content (AvgIpc) is 2.47. The lowest BCUT2D eigenvalue weighted by Crippen LogP contribution is -2.40. The van der Waals surface area contributed by atoms with Crippen LogP contribution in [-0.4, -0.2) is 17.0 Å². The first kappa shape index (κ1) is 16.0. The molecule has 0 radical (unpaired) electrons. The molecule has 0 aliphatic heterocycles. The summed E-state index contributed by atoms with van der Waals surface area (Å²) in [6, 6.07) is 9.09. The van der Waals surface area contributed by atoms with Crippen LogP contribution in [0.3, 0.4) is 0 Å². The molecule has 2 rings (SSSR count). The van der Waals surface area contributed by atoms with E-state index in [2.05, 4.69) is 18.3 Å². The highest BCUT2D eigenvalue weighted by Crippen LogP contribution is 2.36. The molecular formula is C17H20N2O3. The average molecular weight is 300 g/mol. The van der Waals surface area contributed by atoms with Gasteiger partial charge < -0.3 is 10.4 Å². The molecule has 0 bridgehead atoms. The molecule has 0 heterocycles. The fourth-order valence-corrected chi connectivity index (χ4v) is 2.76. The van der Waals surface area contributed by atoms with Crippen molar-refractivity contribution in [3.8, 4) is 6.07 Å². The molecule has 1 aromatic rings. The molecule has 1 aliphatic carbocycles. The second kappa shape index (κ2) is 7.08. The molecule has 1 aliphatic rings. The van der Waals surface area contributed by atoms with Crippen molar-refractivity contribution in [1.29, 1.82) is 5.26 Å². The van der Waals surface area contributed by atoms with Crippen LogP contribution in [0.25, 0.3) is 0 Å². The zero-order valence-electron chi connectivity index (χ0n) is 12.6. The lowest BCUT2D eigenvalue weighted by atomic mass is 9.72. The minimum atomic E-state index is -0.824. The zero-order valence-corrected chi connectivity index (χ0v) is 12.6. The molecule has 1 atom stereocenters. The number of amides is 1. The number of carboxylic acid groups (broad SMARTS) is 1. The topological polar surface area (TPSA) is 90.2 Å². The Kier molecular flexibility index (Phi) is 5.16. The second-order valence-corrected chi connectivity index (χ2v) is 5.80. The fraction of sp³-hybridized carbons (Fsp3) is 0.471. The number of nitriles is 1. The molecule has 1 fully saturated rings. The summed E-state index contributed by atoms with van der Waals surface area (Å²) in [6.45, 7) is 2.06. The fourth-order valence-electron chi connectivity index (χ4n) is 2.76. The molecule has 22 heavy (non-hydrogen) atoms. The van der Waals surface area contributed by atoms with Gasteiger partial charge in [-0.3, -0.25) is 9.59 Å². The van der Waals surface area contributed by atoms with E-state index in [0.29, 0.717) is 12.8 Å². The molecular weight excluding hydrogens is 280 g/mol. The van der Waals surface area contributed by atoms with Crippen molar-refractivity contribution in [3.63, 3.8) is 0 Å². The normalized spacial score (nSPS) is 21.3. The molecule has 1 aromatic carbocycles. The van der Waals surface area contributed by atoms with Crippen molar-refractivity contribution in [1.82, 2.24) is 5.32 Å². The minimum Gasteiger partial charge on any atom is -0.481 e. The molecule has 0 spiro atoms. The number of rotatable bonds is 6. The molecule has 5 nitrogen and oxygen atoms in total. The van der Waals surface area contributed by atoms with E-state index < -0.39 is 12.0 Å². The van der Waals surface area contributed by atoms with E-state index in [1.165, 1.54) is 5.56 Å². The molecule has 1 amide bonds. The number of aliphatic carboxylic acids is 1. The summed E-state index contributed by atoms with van der Waals surface area (Å²) >= 11 is 0. The lowest BCUT2D eigenvalue weighted by molar-refractivity contribution is -0.141. The Bertz CT molecular complexity index is 583. The predicted octanol–water partition coefficient (Wildman–Crippen LogP) is 2.43. The minimum absolute atomic E-state index is 0.0811. The quantitative estimate of drug-likeness (QED) is 0.844. The summed E-state index contributed by atoms with van der Waals surface area (Å²) in [6.07, 6.45) is 2.22. The highest BCUT2D eigenvalue weighted by molar-refractivity contribution is 5.80. The second-order valence-electron chi connectivity index (χ2n) is 5.80. The van der Waals surface area contributed by atoms with Crippen LogP contribution in [0.2, 0.25) is 0 Å². The number of nitrogens with zero attached hydrogens (tertiary/aromatic N) is 1. The van der Waals surface area contributed by atoms with Gasteiger partial charge in [-0.15, -0.1) is 0 Å². The summed E-state index contributed by atoms with van der Waals surface area (Å²) in [5.41, 5.74) is 1.96. The van der Waals surface area contributed by atoms with E-state index >= 15 is 0 Å². The highest BCUT2D eigenvalue weighted by Gasteiger charge is 2.36. The summed E-state index contributed by atoms with van der Waals surface area (Å²) < 4.78 is 0. The Labute approximate surface area is 129 Å². The largest absolute Gasteiger partial charge is 0.481 e. The number of hydrogen-bond acceptors (Lipinski definition) is 3.